The van der Waals surface area contributed by atoms with Crippen LogP contribution in [0.3, 0.4) is 0 Å². The van der Waals surface area contributed by atoms with E-state index in [1.807, 2.05) is 30.3 Å². The summed E-state index contributed by atoms with van der Waals surface area (Å²) in [5.41, 5.74) is 1.31. The highest BCUT2D eigenvalue weighted by Crippen LogP contribution is 2.15. The summed E-state index contributed by atoms with van der Waals surface area (Å²) in [6.45, 7) is 10.9. The molecule has 0 unspecified atom stereocenters. The van der Waals surface area contributed by atoms with Crippen molar-refractivity contribution in [1.29, 1.82) is 0 Å². The van der Waals surface area contributed by atoms with Gasteiger partial charge in [-0.05, 0) is 82.6 Å². The van der Waals surface area contributed by atoms with Crippen LogP contribution in [0, 0.1) is 0 Å². The molecule has 0 saturated heterocycles. The van der Waals surface area contributed by atoms with Gasteiger partial charge in [-0.25, -0.2) is 9.59 Å². The van der Waals surface area contributed by atoms with Crippen molar-refractivity contribution in [3.05, 3.63) is 78.4 Å². The first-order chi connectivity index (χ1) is 23.8. The Hall–Kier alpha value is -4.87. The van der Waals surface area contributed by atoms with Gasteiger partial charge >= 0.3 is 12.1 Å². The Kier molecular flexibility index (Phi) is 18.1. The molecule has 0 fully saturated rings. The summed E-state index contributed by atoms with van der Waals surface area (Å²) in [6, 6.07) is 14.2. The van der Waals surface area contributed by atoms with Crippen molar-refractivity contribution < 1.29 is 38.2 Å². The molecule has 0 heterocycles. The van der Waals surface area contributed by atoms with Gasteiger partial charge in [0.05, 0.1) is 7.11 Å². The normalized spacial score (nSPS) is 12.7. The van der Waals surface area contributed by atoms with Crippen LogP contribution in [0.15, 0.2) is 67.3 Å². The summed E-state index contributed by atoms with van der Waals surface area (Å²) in [7, 11) is 1.26. The fourth-order valence-electron chi connectivity index (χ4n) is 5.07. The summed E-state index contributed by atoms with van der Waals surface area (Å²) in [4.78, 5) is 64.2. The standard InChI is InChI=1S/C38H54N4O8/c1-7-25-49-30-22-20-29(21-23-30)26-33(40-27(2)43)35(45)41-31(18-13-14-24-39-37(47)50-38(3,4)5)34(44)42-32(36(46)48-6)19-12-11-17-28-15-9-8-10-16-28/h7-10,15-16,20-23,31-33H,1,11-14,17-19,24-26H2,2-6H3,(H,39,47)(H,40,43)(H,41,45)(H,42,44)/t31-,32-,33-/m0/s1. The number of amides is 4. The molecule has 274 valence electrons. The summed E-state index contributed by atoms with van der Waals surface area (Å²) < 4.78 is 15.8. The van der Waals surface area contributed by atoms with Crippen molar-refractivity contribution in [3.8, 4) is 5.75 Å². The molecular weight excluding hydrogens is 640 g/mol. The van der Waals surface area contributed by atoms with Gasteiger partial charge in [0.1, 0.15) is 36.1 Å². The molecule has 0 radical (unpaired) electrons. The maximum atomic E-state index is 13.7. The van der Waals surface area contributed by atoms with Crippen LogP contribution in [0.2, 0.25) is 0 Å². The zero-order valence-corrected chi connectivity index (χ0v) is 30.0. The van der Waals surface area contributed by atoms with Crippen LogP contribution >= 0.6 is 0 Å². The molecule has 12 heteroatoms. The first-order valence-electron chi connectivity index (χ1n) is 17.1. The van der Waals surface area contributed by atoms with Crippen LogP contribution < -0.4 is 26.0 Å². The molecule has 0 bridgehead atoms. The first-order valence-corrected chi connectivity index (χ1v) is 17.1. The lowest BCUT2D eigenvalue weighted by molar-refractivity contribution is -0.145. The van der Waals surface area contributed by atoms with Crippen molar-refractivity contribution >= 4 is 29.8 Å². The summed E-state index contributed by atoms with van der Waals surface area (Å²) >= 11 is 0. The molecule has 2 aromatic rings. The molecule has 2 rings (SSSR count). The van der Waals surface area contributed by atoms with Crippen molar-refractivity contribution in [2.75, 3.05) is 20.3 Å². The zero-order valence-electron chi connectivity index (χ0n) is 30.0. The van der Waals surface area contributed by atoms with E-state index < -0.39 is 53.5 Å². The molecule has 4 N–H and O–H groups in total. The number of esters is 1. The Morgan fingerprint density at radius 1 is 0.780 bits per heavy atom. The molecule has 50 heavy (non-hydrogen) atoms. The SMILES string of the molecule is C=CCOc1ccc(C[C@H](NC(C)=O)C(=O)N[C@@H](CCCCNC(=O)OC(C)(C)C)C(=O)N[C@@H](CCCCc2ccccc2)C(=O)OC)cc1. The number of nitrogens with one attached hydrogen (secondary N) is 4. The zero-order chi connectivity index (χ0) is 36.9. The van der Waals surface area contributed by atoms with E-state index in [0.717, 1.165) is 18.4 Å². The summed E-state index contributed by atoms with van der Waals surface area (Å²) in [6.07, 6.45) is 5.04. The maximum Gasteiger partial charge on any atom is 0.407 e. The van der Waals surface area contributed by atoms with Gasteiger partial charge in [0.25, 0.3) is 0 Å². The fraction of sp³-hybridized carbons (Fsp3) is 0.500. The Bertz CT molecular complexity index is 1380. The lowest BCUT2D eigenvalue weighted by Crippen LogP contribution is -2.56. The first kappa shape index (κ1) is 41.3. The minimum absolute atomic E-state index is 0.160. The third-order valence-corrected chi connectivity index (χ3v) is 7.50. The molecule has 12 nitrogen and oxygen atoms in total. The summed E-state index contributed by atoms with van der Waals surface area (Å²) in [5, 5.41) is 11.0. The molecule has 0 aliphatic carbocycles. The van der Waals surface area contributed by atoms with E-state index in [1.54, 1.807) is 51.1 Å². The van der Waals surface area contributed by atoms with Crippen molar-refractivity contribution in [2.24, 2.45) is 0 Å². The van der Waals surface area contributed by atoms with E-state index in [1.165, 1.54) is 19.6 Å². The second-order valence-electron chi connectivity index (χ2n) is 13.0. The molecule has 0 aliphatic rings. The lowest BCUT2D eigenvalue weighted by Gasteiger charge is -2.25. The molecule has 0 saturated carbocycles. The highest BCUT2D eigenvalue weighted by atomic mass is 16.6. The molecule has 4 amide bonds. The van der Waals surface area contributed by atoms with Gasteiger partial charge < -0.3 is 35.5 Å². The van der Waals surface area contributed by atoms with Gasteiger partial charge in [0, 0.05) is 19.9 Å². The predicted octanol–water partition coefficient (Wildman–Crippen LogP) is 4.55. The van der Waals surface area contributed by atoms with Crippen LogP contribution in [-0.2, 0) is 41.5 Å². The van der Waals surface area contributed by atoms with E-state index in [-0.39, 0.29) is 12.8 Å². The van der Waals surface area contributed by atoms with Crippen LogP contribution in [0.4, 0.5) is 4.79 Å². The Labute approximate surface area is 296 Å². The number of methoxy groups -OCH3 is 1. The van der Waals surface area contributed by atoms with Crippen molar-refractivity contribution in [3.63, 3.8) is 0 Å². The van der Waals surface area contributed by atoms with E-state index >= 15 is 0 Å². The molecule has 3 atom stereocenters. The number of unbranched alkanes of at least 4 members (excludes halogenated alkanes) is 2. The number of carbonyl (C=O) groups is 5. The highest BCUT2D eigenvalue weighted by molar-refractivity contribution is 5.93. The number of alkyl carbamates (subject to hydrolysis) is 1. The Morgan fingerprint density at radius 2 is 1.40 bits per heavy atom. The molecule has 0 aliphatic heterocycles. The van der Waals surface area contributed by atoms with E-state index in [4.69, 9.17) is 14.2 Å². The van der Waals surface area contributed by atoms with Gasteiger partial charge in [0.2, 0.25) is 17.7 Å². The minimum Gasteiger partial charge on any atom is -0.490 e. The van der Waals surface area contributed by atoms with Crippen LogP contribution in [0.25, 0.3) is 0 Å². The second-order valence-corrected chi connectivity index (χ2v) is 13.0. The maximum absolute atomic E-state index is 13.7. The number of ether oxygens (including phenoxy) is 3. The largest absolute Gasteiger partial charge is 0.490 e. The van der Waals surface area contributed by atoms with Crippen molar-refractivity contribution in [2.45, 2.75) is 103 Å². The predicted molar refractivity (Wildman–Crippen MR) is 191 cm³/mol. The topological polar surface area (TPSA) is 161 Å². The lowest BCUT2D eigenvalue weighted by atomic mass is 10.0. The number of hydrogen-bond donors (Lipinski definition) is 4. The van der Waals surface area contributed by atoms with E-state index in [9.17, 15) is 24.0 Å². The Morgan fingerprint density at radius 3 is 2.02 bits per heavy atom. The van der Waals surface area contributed by atoms with Gasteiger partial charge in [-0.2, -0.15) is 0 Å². The number of carbonyl (C=O) groups excluding carboxylic acids is 5. The van der Waals surface area contributed by atoms with Gasteiger partial charge in [-0.1, -0.05) is 61.5 Å². The molecular formula is C38H54N4O8. The van der Waals surface area contributed by atoms with Crippen LogP contribution in [0.5, 0.6) is 5.75 Å². The third kappa shape index (κ3) is 17.0. The second kappa shape index (κ2) is 22.0. The smallest absolute Gasteiger partial charge is 0.407 e. The monoisotopic (exact) mass is 694 g/mol. The highest BCUT2D eigenvalue weighted by Gasteiger charge is 2.29. The molecule has 0 aromatic heterocycles. The van der Waals surface area contributed by atoms with Crippen LogP contribution in [0.1, 0.15) is 77.3 Å². The van der Waals surface area contributed by atoms with E-state index in [0.29, 0.717) is 44.6 Å². The van der Waals surface area contributed by atoms with Gasteiger partial charge in [-0.3, -0.25) is 14.4 Å². The third-order valence-electron chi connectivity index (χ3n) is 7.50. The minimum atomic E-state index is -1.04. The molecule has 2 aromatic carbocycles. The number of rotatable bonds is 21. The number of benzene rings is 2. The van der Waals surface area contributed by atoms with Crippen molar-refractivity contribution in [1.82, 2.24) is 21.3 Å². The van der Waals surface area contributed by atoms with Crippen LogP contribution in [-0.4, -0.2) is 73.8 Å². The number of hydrogen-bond acceptors (Lipinski definition) is 8. The quantitative estimate of drug-likeness (QED) is 0.0841. The Balaban J connectivity index is 2.14. The fourth-order valence-corrected chi connectivity index (χ4v) is 5.07. The van der Waals surface area contributed by atoms with Gasteiger partial charge in [0.15, 0.2) is 0 Å². The molecule has 0 spiro atoms. The van der Waals surface area contributed by atoms with Gasteiger partial charge in [-0.15, -0.1) is 0 Å². The average Bonchev–Trinajstić information content (AvgIpc) is 3.07. The average molecular weight is 695 g/mol. The number of aryl methyl sites for hydroxylation is 1. The summed E-state index contributed by atoms with van der Waals surface area (Å²) in [5.74, 6) is -1.47. The van der Waals surface area contributed by atoms with E-state index in [2.05, 4.69) is 27.8 Å².